The molecule has 0 aromatic heterocycles. The zero-order valence-electron chi connectivity index (χ0n) is 11.9. The van der Waals surface area contributed by atoms with Gasteiger partial charge in [-0.1, -0.05) is 26.7 Å². The van der Waals surface area contributed by atoms with Crippen LogP contribution in [-0.4, -0.2) is 53.8 Å². The number of ether oxygens (including phenoxy) is 1. The summed E-state index contributed by atoms with van der Waals surface area (Å²) in [5.74, 6) is -0.613. The van der Waals surface area contributed by atoms with Crippen molar-refractivity contribution in [3.05, 3.63) is 0 Å². The van der Waals surface area contributed by atoms with Gasteiger partial charge in [-0.05, 0) is 12.8 Å². The van der Waals surface area contributed by atoms with Crippen LogP contribution >= 0.6 is 0 Å². The van der Waals surface area contributed by atoms with Gasteiger partial charge in [0, 0.05) is 12.6 Å². The third-order valence-electron chi connectivity index (χ3n) is 3.78. The van der Waals surface area contributed by atoms with Crippen LogP contribution in [0.25, 0.3) is 0 Å². The van der Waals surface area contributed by atoms with Crippen LogP contribution in [0.5, 0.6) is 0 Å². The van der Waals surface area contributed by atoms with Crippen molar-refractivity contribution in [2.75, 3.05) is 19.8 Å². The Morgan fingerprint density at radius 3 is 2.58 bits per heavy atom. The van der Waals surface area contributed by atoms with Crippen LogP contribution in [0.4, 0.5) is 4.79 Å². The smallest absolute Gasteiger partial charge is 0.328 e. The van der Waals surface area contributed by atoms with Crippen LogP contribution < -0.4 is 5.32 Å². The van der Waals surface area contributed by atoms with Crippen LogP contribution in [0.2, 0.25) is 0 Å². The van der Waals surface area contributed by atoms with Gasteiger partial charge in [0.2, 0.25) is 0 Å². The molecule has 2 atom stereocenters. The Kier molecular flexibility index (Phi) is 6.08. The number of urea groups is 1. The number of nitrogens with zero attached hydrogens (tertiary/aromatic N) is 1. The second-order valence-corrected chi connectivity index (χ2v) is 4.94. The average molecular weight is 272 g/mol. The first-order valence-electron chi connectivity index (χ1n) is 6.88. The lowest BCUT2D eigenvalue weighted by molar-refractivity contribution is -0.147. The van der Waals surface area contributed by atoms with Crippen molar-refractivity contribution in [1.29, 1.82) is 0 Å². The zero-order chi connectivity index (χ0) is 14.4. The van der Waals surface area contributed by atoms with Crippen molar-refractivity contribution in [3.8, 4) is 0 Å². The van der Waals surface area contributed by atoms with E-state index in [1.54, 1.807) is 0 Å². The Morgan fingerprint density at radius 1 is 1.42 bits per heavy atom. The van der Waals surface area contributed by atoms with Gasteiger partial charge in [0.15, 0.2) is 6.04 Å². The van der Waals surface area contributed by atoms with Crippen molar-refractivity contribution in [2.24, 2.45) is 5.92 Å². The third kappa shape index (κ3) is 4.09. The summed E-state index contributed by atoms with van der Waals surface area (Å²) in [6, 6.07) is -1.16. The van der Waals surface area contributed by atoms with Gasteiger partial charge >= 0.3 is 12.0 Å². The summed E-state index contributed by atoms with van der Waals surface area (Å²) in [4.78, 5) is 24.6. The summed E-state index contributed by atoms with van der Waals surface area (Å²) in [5.41, 5.74) is 0. The van der Waals surface area contributed by atoms with Gasteiger partial charge in [-0.3, -0.25) is 0 Å². The highest BCUT2D eigenvalue weighted by molar-refractivity contribution is 5.83. The predicted molar refractivity (Wildman–Crippen MR) is 71.0 cm³/mol. The Morgan fingerprint density at radius 2 is 2.05 bits per heavy atom. The second-order valence-electron chi connectivity index (χ2n) is 4.94. The molecule has 1 heterocycles. The molecule has 2 amide bonds. The summed E-state index contributed by atoms with van der Waals surface area (Å²) < 4.78 is 5.12. The standard InChI is InChI=1S/C13H24N2O4/c1-4-10(5-2)9(3)14-13(18)15-6-7-19-8-11(15)12(16)17/h9-11H,4-8H2,1-3H3,(H,14,18)(H,16,17). The molecular formula is C13H24N2O4. The molecule has 0 spiro atoms. The average Bonchev–Trinajstić information content (AvgIpc) is 2.40. The second kappa shape index (κ2) is 7.33. The molecule has 6 heteroatoms. The maximum absolute atomic E-state index is 12.2. The molecule has 0 radical (unpaired) electrons. The minimum absolute atomic E-state index is 0.0415. The van der Waals surface area contributed by atoms with E-state index < -0.39 is 12.0 Å². The normalized spacial score (nSPS) is 21.3. The number of rotatable bonds is 5. The Labute approximate surface area is 114 Å². The van der Waals surface area contributed by atoms with Crippen molar-refractivity contribution in [2.45, 2.75) is 45.7 Å². The van der Waals surface area contributed by atoms with Gasteiger partial charge in [0.1, 0.15) is 0 Å². The van der Waals surface area contributed by atoms with Crippen LogP contribution in [0, 0.1) is 5.92 Å². The topological polar surface area (TPSA) is 78.9 Å². The number of amides is 2. The fourth-order valence-corrected chi connectivity index (χ4v) is 2.44. The van der Waals surface area contributed by atoms with Gasteiger partial charge in [-0.25, -0.2) is 9.59 Å². The zero-order valence-corrected chi connectivity index (χ0v) is 11.9. The number of aliphatic carboxylic acids is 1. The number of hydrogen-bond acceptors (Lipinski definition) is 3. The lowest BCUT2D eigenvalue weighted by atomic mass is 9.96. The highest BCUT2D eigenvalue weighted by Gasteiger charge is 2.33. The molecule has 1 aliphatic heterocycles. The van der Waals surface area contributed by atoms with E-state index in [1.165, 1.54) is 4.90 Å². The van der Waals surface area contributed by atoms with E-state index in [2.05, 4.69) is 19.2 Å². The first-order chi connectivity index (χ1) is 9.01. The van der Waals surface area contributed by atoms with E-state index >= 15 is 0 Å². The number of carboxylic acids is 1. The minimum atomic E-state index is -1.02. The van der Waals surface area contributed by atoms with E-state index in [0.29, 0.717) is 19.1 Å². The molecule has 1 aliphatic rings. The molecule has 6 nitrogen and oxygen atoms in total. The molecule has 1 saturated heterocycles. The quantitative estimate of drug-likeness (QED) is 0.791. The molecule has 0 aromatic rings. The molecule has 2 N–H and O–H groups in total. The van der Waals surface area contributed by atoms with E-state index in [4.69, 9.17) is 9.84 Å². The largest absolute Gasteiger partial charge is 0.480 e. The van der Waals surface area contributed by atoms with E-state index in [1.807, 2.05) is 6.92 Å². The summed E-state index contributed by atoms with van der Waals surface area (Å²) in [6.07, 6.45) is 1.98. The first kappa shape index (κ1) is 15.8. The van der Waals surface area contributed by atoms with Crippen molar-refractivity contribution in [1.82, 2.24) is 10.2 Å². The van der Waals surface area contributed by atoms with Gasteiger partial charge in [-0.15, -0.1) is 0 Å². The van der Waals surface area contributed by atoms with Crippen molar-refractivity contribution in [3.63, 3.8) is 0 Å². The SMILES string of the molecule is CCC(CC)C(C)NC(=O)N1CCOCC1C(=O)O. The molecule has 19 heavy (non-hydrogen) atoms. The molecule has 0 aromatic carbocycles. The summed E-state index contributed by atoms with van der Waals surface area (Å²) in [5, 5.41) is 12.0. The number of hydrogen-bond donors (Lipinski definition) is 2. The number of carbonyl (C=O) groups excluding carboxylic acids is 1. The molecule has 0 aliphatic carbocycles. The summed E-state index contributed by atoms with van der Waals surface area (Å²) >= 11 is 0. The van der Waals surface area contributed by atoms with Crippen LogP contribution in [0.1, 0.15) is 33.6 Å². The molecule has 2 unspecified atom stereocenters. The number of nitrogens with one attached hydrogen (secondary N) is 1. The maximum Gasteiger partial charge on any atom is 0.328 e. The van der Waals surface area contributed by atoms with Gasteiger partial charge < -0.3 is 20.1 Å². The lowest BCUT2D eigenvalue weighted by Crippen LogP contribution is -2.57. The monoisotopic (exact) mass is 272 g/mol. The minimum Gasteiger partial charge on any atom is -0.480 e. The van der Waals surface area contributed by atoms with Crippen LogP contribution in [-0.2, 0) is 9.53 Å². The Balaban J connectivity index is 2.62. The van der Waals surface area contributed by atoms with Gasteiger partial charge in [0.25, 0.3) is 0 Å². The lowest BCUT2D eigenvalue weighted by Gasteiger charge is -2.34. The molecule has 110 valence electrons. The highest BCUT2D eigenvalue weighted by Crippen LogP contribution is 2.14. The van der Waals surface area contributed by atoms with Crippen LogP contribution in [0.3, 0.4) is 0 Å². The Hall–Kier alpha value is -1.30. The molecule has 0 bridgehead atoms. The third-order valence-corrected chi connectivity index (χ3v) is 3.78. The summed E-state index contributed by atoms with van der Waals surface area (Å²) in [7, 11) is 0. The van der Waals surface area contributed by atoms with Gasteiger partial charge in [-0.2, -0.15) is 0 Å². The number of carbonyl (C=O) groups is 2. The van der Waals surface area contributed by atoms with Crippen molar-refractivity contribution >= 4 is 12.0 Å². The van der Waals surface area contributed by atoms with Gasteiger partial charge in [0.05, 0.1) is 13.2 Å². The fraction of sp³-hybridized carbons (Fsp3) is 0.846. The highest BCUT2D eigenvalue weighted by atomic mass is 16.5. The molecule has 1 fully saturated rings. The number of morpholine rings is 1. The van der Waals surface area contributed by atoms with Crippen molar-refractivity contribution < 1.29 is 19.4 Å². The molecule has 1 rings (SSSR count). The number of carboxylic acid groups (broad SMARTS) is 1. The maximum atomic E-state index is 12.2. The Bertz CT molecular complexity index is 318. The first-order valence-corrected chi connectivity index (χ1v) is 6.88. The predicted octanol–water partition coefficient (Wildman–Crippen LogP) is 1.31. The van der Waals surface area contributed by atoms with E-state index in [-0.39, 0.29) is 18.7 Å². The van der Waals surface area contributed by atoms with Crippen LogP contribution in [0.15, 0.2) is 0 Å². The summed E-state index contributed by atoms with van der Waals surface area (Å²) in [6.45, 7) is 6.90. The van der Waals surface area contributed by atoms with E-state index in [0.717, 1.165) is 12.8 Å². The fourth-order valence-electron chi connectivity index (χ4n) is 2.44. The molecular weight excluding hydrogens is 248 g/mol. The van der Waals surface area contributed by atoms with E-state index in [9.17, 15) is 9.59 Å². The molecule has 0 saturated carbocycles.